The number of nitrogens with zero attached hydrogens (tertiary/aromatic N) is 2. The Morgan fingerprint density at radius 1 is 1.14 bits per heavy atom. The highest BCUT2D eigenvalue weighted by atomic mass is 127. The Labute approximate surface area is 183 Å². The molecule has 0 saturated heterocycles. The van der Waals surface area contributed by atoms with Crippen molar-refractivity contribution in [2.75, 3.05) is 20.1 Å². The van der Waals surface area contributed by atoms with Gasteiger partial charge in [-0.1, -0.05) is 42.5 Å². The molecule has 2 aromatic rings. The minimum atomic E-state index is -0.450. The lowest BCUT2D eigenvalue weighted by molar-refractivity contribution is -0.121. The van der Waals surface area contributed by atoms with Crippen molar-refractivity contribution in [3.8, 4) is 0 Å². The van der Waals surface area contributed by atoms with Crippen LogP contribution in [0.2, 0.25) is 0 Å². The van der Waals surface area contributed by atoms with E-state index in [9.17, 15) is 9.18 Å². The summed E-state index contributed by atoms with van der Waals surface area (Å²) in [5.41, 5.74) is 7.59. The molecule has 1 unspecified atom stereocenters. The number of nitrogens with one attached hydrogen (secondary N) is 1. The van der Waals surface area contributed by atoms with Crippen molar-refractivity contribution in [2.45, 2.75) is 19.9 Å². The Morgan fingerprint density at radius 3 is 2.36 bits per heavy atom. The predicted octanol–water partition coefficient (Wildman–Crippen LogP) is 3.19. The molecule has 1 amide bonds. The van der Waals surface area contributed by atoms with Crippen LogP contribution in [0.25, 0.3) is 0 Å². The molecule has 0 aliphatic rings. The topological polar surface area (TPSA) is 70.7 Å². The number of benzene rings is 2. The highest BCUT2D eigenvalue weighted by Crippen LogP contribution is 2.11. The fourth-order valence-electron chi connectivity index (χ4n) is 2.76. The van der Waals surface area contributed by atoms with Crippen LogP contribution in [0.4, 0.5) is 4.39 Å². The number of hydrogen-bond donors (Lipinski definition) is 2. The molecule has 2 rings (SSSR count). The molecule has 0 aromatic heterocycles. The standard InChI is InChI=1S/C21H27FN4O.HI/c1-3-24-21(26(2)15-17-7-5-4-6-8-17)25-14-18(20(23)27)13-16-9-11-19(22)12-10-16;/h4-12,18H,3,13-15H2,1-2H3,(H2,23,27)(H,24,25);1H. The number of guanidine groups is 1. The van der Waals surface area contributed by atoms with Crippen LogP contribution in [-0.4, -0.2) is 36.9 Å². The predicted molar refractivity (Wildman–Crippen MR) is 122 cm³/mol. The fourth-order valence-corrected chi connectivity index (χ4v) is 2.76. The number of aliphatic imine (C=N–C) groups is 1. The van der Waals surface area contributed by atoms with Crippen LogP contribution in [0.15, 0.2) is 59.6 Å². The second-order valence-corrected chi connectivity index (χ2v) is 6.47. The van der Waals surface area contributed by atoms with Gasteiger partial charge in [-0.2, -0.15) is 0 Å². The van der Waals surface area contributed by atoms with Crippen LogP contribution in [0.3, 0.4) is 0 Å². The number of amides is 1. The van der Waals surface area contributed by atoms with E-state index in [1.807, 2.05) is 37.1 Å². The van der Waals surface area contributed by atoms with Crippen LogP contribution >= 0.6 is 24.0 Å². The lowest BCUT2D eigenvalue weighted by Crippen LogP contribution is -2.39. The van der Waals surface area contributed by atoms with Crippen LogP contribution in [0.1, 0.15) is 18.1 Å². The molecule has 0 fully saturated rings. The van der Waals surface area contributed by atoms with E-state index in [0.717, 1.165) is 12.1 Å². The molecule has 7 heteroatoms. The first-order valence-electron chi connectivity index (χ1n) is 9.06. The van der Waals surface area contributed by atoms with Gasteiger partial charge < -0.3 is 16.0 Å². The van der Waals surface area contributed by atoms with E-state index in [4.69, 9.17) is 5.73 Å². The Hall–Kier alpha value is -2.16. The number of rotatable bonds is 8. The van der Waals surface area contributed by atoms with Gasteiger partial charge in [0.05, 0.1) is 12.5 Å². The molecule has 0 spiro atoms. The van der Waals surface area contributed by atoms with Gasteiger partial charge in [0.1, 0.15) is 5.82 Å². The van der Waals surface area contributed by atoms with Crippen molar-refractivity contribution in [1.82, 2.24) is 10.2 Å². The van der Waals surface area contributed by atoms with Gasteiger partial charge in [-0.3, -0.25) is 9.79 Å². The minimum absolute atomic E-state index is 0. The zero-order chi connectivity index (χ0) is 19.6. The number of primary amides is 1. The summed E-state index contributed by atoms with van der Waals surface area (Å²) < 4.78 is 13.1. The lowest BCUT2D eigenvalue weighted by atomic mass is 9.99. The summed E-state index contributed by atoms with van der Waals surface area (Å²) in [5.74, 6) is -0.449. The Kier molecular flexibility index (Phi) is 10.5. The highest BCUT2D eigenvalue weighted by molar-refractivity contribution is 14.0. The first kappa shape index (κ1) is 23.9. The zero-order valence-corrected chi connectivity index (χ0v) is 18.6. The van der Waals surface area contributed by atoms with Gasteiger partial charge in [-0.15, -0.1) is 24.0 Å². The monoisotopic (exact) mass is 498 g/mol. The molecule has 0 aliphatic carbocycles. The zero-order valence-electron chi connectivity index (χ0n) is 16.3. The van der Waals surface area contributed by atoms with Gasteiger partial charge in [0.2, 0.25) is 5.91 Å². The van der Waals surface area contributed by atoms with Crippen molar-refractivity contribution in [3.05, 3.63) is 71.5 Å². The first-order valence-corrected chi connectivity index (χ1v) is 9.06. The van der Waals surface area contributed by atoms with Crippen LogP contribution in [0, 0.1) is 11.7 Å². The number of carbonyl (C=O) groups is 1. The largest absolute Gasteiger partial charge is 0.369 e. The summed E-state index contributed by atoms with van der Waals surface area (Å²) in [7, 11) is 1.95. The van der Waals surface area contributed by atoms with Crippen molar-refractivity contribution in [3.63, 3.8) is 0 Å². The maximum atomic E-state index is 13.1. The Bertz CT molecular complexity index is 753. The van der Waals surface area contributed by atoms with E-state index in [1.165, 1.54) is 17.7 Å². The number of carbonyl (C=O) groups excluding carboxylic acids is 1. The number of hydrogen-bond acceptors (Lipinski definition) is 2. The molecular formula is C21H28FIN4O. The molecule has 2 aromatic carbocycles. The van der Waals surface area contributed by atoms with E-state index in [1.54, 1.807) is 12.1 Å². The van der Waals surface area contributed by atoms with Gasteiger partial charge in [-0.05, 0) is 36.6 Å². The minimum Gasteiger partial charge on any atom is -0.369 e. The third-order valence-electron chi connectivity index (χ3n) is 4.22. The average Bonchev–Trinajstić information content (AvgIpc) is 2.66. The Balaban J connectivity index is 0.00000392. The van der Waals surface area contributed by atoms with Crippen molar-refractivity contribution >= 4 is 35.8 Å². The summed E-state index contributed by atoms with van der Waals surface area (Å²) in [4.78, 5) is 18.5. The smallest absolute Gasteiger partial charge is 0.222 e. The molecule has 5 nitrogen and oxygen atoms in total. The maximum Gasteiger partial charge on any atom is 0.222 e. The van der Waals surface area contributed by atoms with Gasteiger partial charge in [0.25, 0.3) is 0 Å². The van der Waals surface area contributed by atoms with Crippen LogP contribution < -0.4 is 11.1 Å². The summed E-state index contributed by atoms with van der Waals surface area (Å²) in [6.45, 7) is 3.69. The second-order valence-electron chi connectivity index (χ2n) is 6.47. The fraction of sp³-hybridized carbons (Fsp3) is 0.333. The first-order chi connectivity index (χ1) is 13.0. The molecule has 0 radical (unpaired) electrons. The summed E-state index contributed by atoms with van der Waals surface area (Å²) in [6, 6.07) is 16.2. The normalized spacial score (nSPS) is 12.0. The summed E-state index contributed by atoms with van der Waals surface area (Å²) in [6.07, 6.45) is 0.431. The van der Waals surface area contributed by atoms with Gasteiger partial charge in [0.15, 0.2) is 5.96 Å². The van der Waals surface area contributed by atoms with Crippen molar-refractivity contribution in [1.29, 1.82) is 0 Å². The number of halogens is 2. The average molecular weight is 498 g/mol. The molecule has 3 N–H and O–H groups in total. The highest BCUT2D eigenvalue weighted by Gasteiger charge is 2.17. The second kappa shape index (κ2) is 12.3. The molecule has 0 aliphatic heterocycles. The van der Waals surface area contributed by atoms with E-state index in [0.29, 0.717) is 18.9 Å². The molecule has 0 heterocycles. The molecule has 28 heavy (non-hydrogen) atoms. The molecule has 0 saturated carbocycles. The molecule has 1 atom stereocenters. The van der Waals surface area contributed by atoms with E-state index in [-0.39, 0.29) is 36.3 Å². The summed E-state index contributed by atoms with van der Waals surface area (Å²) >= 11 is 0. The van der Waals surface area contributed by atoms with Gasteiger partial charge >= 0.3 is 0 Å². The Morgan fingerprint density at radius 2 is 1.79 bits per heavy atom. The summed E-state index contributed by atoms with van der Waals surface area (Å²) in [5, 5.41) is 3.24. The quantitative estimate of drug-likeness (QED) is 0.334. The SMILES string of the molecule is CCNC(=NCC(Cc1ccc(F)cc1)C(N)=O)N(C)Cc1ccccc1.I. The third-order valence-corrected chi connectivity index (χ3v) is 4.22. The molecular weight excluding hydrogens is 470 g/mol. The van der Waals surface area contributed by atoms with Gasteiger partial charge in [-0.25, -0.2) is 4.39 Å². The molecule has 0 bridgehead atoms. The van der Waals surface area contributed by atoms with E-state index >= 15 is 0 Å². The maximum absolute atomic E-state index is 13.1. The number of nitrogens with two attached hydrogens (primary N) is 1. The lowest BCUT2D eigenvalue weighted by Gasteiger charge is -2.23. The molecule has 152 valence electrons. The van der Waals surface area contributed by atoms with E-state index in [2.05, 4.69) is 22.4 Å². The van der Waals surface area contributed by atoms with Crippen LogP contribution in [0.5, 0.6) is 0 Å². The van der Waals surface area contributed by atoms with Crippen molar-refractivity contribution in [2.24, 2.45) is 16.6 Å². The van der Waals surface area contributed by atoms with E-state index < -0.39 is 11.8 Å². The van der Waals surface area contributed by atoms with Gasteiger partial charge in [0, 0.05) is 20.1 Å². The van der Waals surface area contributed by atoms with Crippen LogP contribution in [-0.2, 0) is 17.8 Å². The third kappa shape index (κ3) is 7.84. The van der Waals surface area contributed by atoms with Crippen molar-refractivity contribution < 1.29 is 9.18 Å².